The lowest BCUT2D eigenvalue weighted by Gasteiger charge is -2.36. The van der Waals surface area contributed by atoms with E-state index in [2.05, 4.69) is 43.0 Å². The van der Waals surface area contributed by atoms with Gasteiger partial charge in [0.2, 0.25) is 5.88 Å². The van der Waals surface area contributed by atoms with Gasteiger partial charge in [-0.2, -0.15) is 5.26 Å². The van der Waals surface area contributed by atoms with Crippen LogP contribution in [-0.2, 0) is 0 Å². The van der Waals surface area contributed by atoms with E-state index in [-0.39, 0.29) is 6.10 Å². The smallest absolute Gasteiger partial charge is 0.224 e. The van der Waals surface area contributed by atoms with E-state index in [1.807, 2.05) is 32.0 Å². The summed E-state index contributed by atoms with van der Waals surface area (Å²) in [6.45, 7) is 7.51. The van der Waals surface area contributed by atoms with E-state index in [9.17, 15) is 0 Å². The molecule has 4 rings (SSSR count). The van der Waals surface area contributed by atoms with Crippen LogP contribution in [0.4, 0.5) is 11.5 Å². The molecule has 0 aliphatic carbocycles. The minimum atomic E-state index is 0.0604. The maximum absolute atomic E-state index is 8.91. The third-order valence-corrected chi connectivity index (χ3v) is 4.78. The molecule has 142 valence electrons. The van der Waals surface area contributed by atoms with Crippen molar-refractivity contribution in [3.05, 3.63) is 48.4 Å². The second kappa shape index (κ2) is 7.69. The summed E-state index contributed by atoms with van der Waals surface area (Å²) >= 11 is 0. The molecule has 1 aliphatic heterocycles. The van der Waals surface area contributed by atoms with Crippen molar-refractivity contribution in [2.24, 2.45) is 0 Å². The molecule has 0 spiro atoms. The Hall–Kier alpha value is -3.40. The molecule has 2 aromatic heterocycles. The average molecular weight is 374 g/mol. The van der Waals surface area contributed by atoms with Crippen LogP contribution in [0.5, 0.6) is 5.88 Å². The van der Waals surface area contributed by atoms with Crippen molar-refractivity contribution >= 4 is 22.4 Å². The number of aromatic nitrogens is 3. The van der Waals surface area contributed by atoms with Crippen LogP contribution in [-0.4, -0.2) is 47.2 Å². The van der Waals surface area contributed by atoms with Gasteiger partial charge in [0, 0.05) is 38.1 Å². The first-order valence-electron chi connectivity index (χ1n) is 9.41. The molecule has 1 saturated heterocycles. The summed E-state index contributed by atoms with van der Waals surface area (Å²) in [6, 6.07) is 12.1. The summed E-state index contributed by atoms with van der Waals surface area (Å²) in [7, 11) is 0. The van der Waals surface area contributed by atoms with E-state index in [0.717, 1.165) is 48.6 Å². The molecule has 0 bridgehead atoms. The van der Waals surface area contributed by atoms with Crippen LogP contribution in [0.25, 0.3) is 10.9 Å². The van der Waals surface area contributed by atoms with Gasteiger partial charge in [-0.3, -0.25) is 0 Å². The van der Waals surface area contributed by atoms with Gasteiger partial charge >= 0.3 is 0 Å². The SMILES string of the molecule is CC(C)Oc1ncnc2ccc(N3CCN(c4ccc(C#N)cn4)CC3)cc12. The molecule has 3 aromatic rings. The van der Waals surface area contributed by atoms with Crippen molar-refractivity contribution < 1.29 is 4.74 Å². The predicted octanol–water partition coefficient (Wildman–Crippen LogP) is 3.01. The van der Waals surface area contributed by atoms with Gasteiger partial charge in [0.15, 0.2) is 0 Å². The fraction of sp³-hybridized carbons (Fsp3) is 0.333. The minimum Gasteiger partial charge on any atom is -0.474 e. The zero-order valence-electron chi connectivity index (χ0n) is 16.0. The van der Waals surface area contributed by atoms with E-state index < -0.39 is 0 Å². The molecule has 1 fully saturated rings. The van der Waals surface area contributed by atoms with E-state index in [4.69, 9.17) is 10.00 Å². The number of nitriles is 1. The lowest BCUT2D eigenvalue weighted by Crippen LogP contribution is -2.46. The number of fused-ring (bicyclic) bond motifs is 1. The lowest BCUT2D eigenvalue weighted by atomic mass is 10.2. The number of rotatable bonds is 4. The van der Waals surface area contributed by atoms with Crippen molar-refractivity contribution in [2.45, 2.75) is 20.0 Å². The number of anilines is 2. The quantitative estimate of drug-likeness (QED) is 0.694. The number of hydrogen-bond acceptors (Lipinski definition) is 7. The van der Waals surface area contributed by atoms with Crippen LogP contribution in [0.2, 0.25) is 0 Å². The molecule has 0 saturated carbocycles. The molecular formula is C21H22N6O. The Labute approximate surface area is 164 Å². The van der Waals surface area contributed by atoms with E-state index in [0.29, 0.717) is 11.4 Å². The van der Waals surface area contributed by atoms with Gasteiger partial charge < -0.3 is 14.5 Å². The highest BCUT2D eigenvalue weighted by Gasteiger charge is 2.19. The van der Waals surface area contributed by atoms with Gasteiger partial charge in [-0.1, -0.05) is 0 Å². The summed E-state index contributed by atoms with van der Waals surface area (Å²) in [4.78, 5) is 17.7. The highest BCUT2D eigenvalue weighted by atomic mass is 16.5. The van der Waals surface area contributed by atoms with Gasteiger partial charge in [-0.05, 0) is 44.2 Å². The molecule has 7 heteroatoms. The van der Waals surface area contributed by atoms with Crippen molar-refractivity contribution in [2.75, 3.05) is 36.0 Å². The molecule has 1 aliphatic rings. The van der Waals surface area contributed by atoms with Crippen LogP contribution < -0.4 is 14.5 Å². The predicted molar refractivity (Wildman–Crippen MR) is 109 cm³/mol. The van der Waals surface area contributed by atoms with Gasteiger partial charge in [0.05, 0.1) is 22.6 Å². The average Bonchev–Trinajstić information content (AvgIpc) is 2.73. The molecule has 0 atom stereocenters. The topological polar surface area (TPSA) is 78.2 Å². The summed E-state index contributed by atoms with van der Waals surface area (Å²) in [5.41, 5.74) is 2.61. The molecule has 0 amide bonds. The van der Waals surface area contributed by atoms with Gasteiger partial charge in [-0.15, -0.1) is 0 Å². The fourth-order valence-electron chi connectivity index (χ4n) is 3.37. The monoisotopic (exact) mass is 374 g/mol. The number of piperazine rings is 1. The van der Waals surface area contributed by atoms with E-state index >= 15 is 0 Å². The van der Waals surface area contributed by atoms with Crippen LogP contribution in [0.15, 0.2) is 42.9 Å². The van der Waals surface area contributed by atoms with Gasteiger partial charge in [0.1, 0.15) is 18.2 Å². The van der Waals surface area contributed by atoms with Crippen molar-refractivity contribution in [1.29, 1.82) is 5.26 Å². The highest BCUT2D eigenvalue weighted by molar-refractivity contribution is 5.86. The summed E-state index contributed by atoms with van der Waals surface area (Å²) in [6.07, 6.45) is 3.23. The maximum atomic E-state index is 8.91. The van der Waals surface area contributed by atoms with Gasteiger partial charge in [0.25, 0.3) is 0 Å². The van der Waals surface area contributed by atoms with Crippen LogP contribution in [0.3, 0.4) is 0 Å². The summed E-state index contributed by atoms with van der Waals surface area (Å²) in [5, 5.41) is 9.85. The number of ether oxygens (including phenoxy) is 1. The molecule has 0 unspecified atom stereocenters. The van der Waals surface area contributed by atoms with Crippen LogP contribution >= 0.6 is 0 Å². The van der Waals surface area contributed by atoms with Gasteiger partial charge in [-0.25, -0.2) is 15.0 Å². The maximum Gasteiger partial charge on any atom is 0.224 e. The van der Waals surface area contributed by atoms with E-state index in [1.54, 1.807) is 12.5 Å². The fourth-order valence-corrected chi connectivity index (χ4v) is 3.37. The zero-order chi connectivity index (χ0) is 19.5. The lowest BCUT2D eigenvalue weighted by molar-refractivity contribution is 0.235. The Balaban J connectivity index is 1.51. The van der Waals surface area contributed by atoms with Crippen LogP contribution in [0, 0.1) is 11.3 Å². The number of pyridine rings is 1. The molecule has 3 heterocycles. The summed E-state index contributed by atoms with van der Waals surface area (Å²) < 4.78 is 5.85. The standard InChI is InChI=1S/C21H22N6O/c1-15(2)28-21-18-11-17(4-5-19(18)24-14-25-21)26-7-9-27(10-8-26)20-6-3-16(12-22)13-23-20/h3-6,11,13-15H,7-10H2,1-2H3. The Morgan fingerprint density at radius 2 is 1.79 bits per heavy atom. The molecular weight excluding hydrogens is 352 g/mol. The zero-order valence-corrected chi connectivity index (χ0v) is 16.0. The molecule has 0 N–H and O–H groups in total. The first kappa shape index (κ1) is 18.0. The van der Waals surface area contributed by atoms with Crippen molar-refractivity contribution in [1.82, 2.24) is 15.0 Å². The summed E-state index contributed by atoms with van der Waals surface area (Å²) in [5.74, 6) is 1.54. The number of benzene rings is 1. The Bertz CT molecular complexity index is 1000. The molecule has 28 heavy (non-hydrogen) atoms. The highest BCUT2D eigenvalue weighted by Crippen LogP contribution is 2.28. The Morgan fingerprint density at radius 1 is 1.00 bits per heavy atom. The molecule has 7 nitrogen and oxygen atoms in total. The number of nitrogens with zero attached hydrogens (tertiary/aromatic N) is 6. The third-order valence-electron chi connectivity index (χ3n) is 4.78. The van der Waals surface area contributed by atoms with Crippen molar-refractivity contribution in [3.8, 4) is 11.9 Å². The first-order chi connectivity index (χ1) is 13.6. The third kappa shape index (κ3) is 3.67. The molecule has 1 aromatic carbocycles. The van der Waals surface area contributed by atoms with Crippen LogP contribution in [0.1, 0.15) is 19.4 Å². The Kier molecular flexibility index (Phi) is 4.94. The second-order valence-corrected chi connectivity index (χ2v) is 7.04. The molecule has 0 radical (unpaired) electrons. The minimum absolute atomic E-state index is 0.0604. The Morgan fingerprint density at radius 3 is 2.46 bits per heavy atom. The number of hydrogen-bond donors (Lipinski definition) is 0. The second-order valence-electron chi connectivity index (χ2n) is 7.04. The normalized spacial score (nSPS) is 14.4. The largest absolute Gasteiger partial charge is 0.474 e. The first-order valence-corrected chi connectivity index (χ1v) is 9.41. The van der Waals surface area contributed by atoms with E-state index in [1.165, 1.54) is 0 Å². The van der Waals surface area contributed by atoms with Crippen molar-refractivity contribution in [3.63, 3.8) is 0 Å².